The molecule has 9 nitrogen and oxygen atoms in total. The van der Waals surface area contributed by atoms with Crippen LogP contribution in [0.1, 0.15) is 54.2 Å². The van der Waals surface area contributed by atoms with Crippen LogP contribution in [0.25, 0.3) is 11.1 Å². The van der Waals surface area contributed by atoms with Gasteiger partial charge in [0.2, 0.25) is 0 Å². The molecule has 0 atom stereocenters. The second kappa shape index (κ2) is 12.0. The summed E-state index contributed by atoms with van der Waals surface area (Å²) in [5, 5.41) is 3.85. The van der Waals surface area contributed by atoms with Crippen LogP contribution in [0.4, 0.5) is 5.82 Å². The fourth-order valence-corrected chi connectivity index (χ4v) is 5.68. The first kappa shape index (κ1) is 28.3. The van der Waals surface area contributed by atoms with Crippen molar-refractivity contribution in [1.29, 1.82) is 0 Å². The van der Waals surface area contributed by atoms with Crippen molar-refractivity contribution in [3.05, 3.63) is 92.9 Å². The number of hydrogen-bond donors (Lipinski definition) is 1. The predicted molar refractivity (Wildman–Crippen MR) is 150 cm³/mol. The average molecular weight is 551 g/mol. The SMILES string of the molecule is CCCc1cc(=O)n(Cc2ccc(-c3ccccc3S(=O)(=O)Nc3noc(C)c3C)c(COCC)c2)c(C)n1. The lowest BCUT2D eigenvalue weighted by atomic mass is 9.97. The Bertz CT molecular complexity index is 1640. The average Bonchev–Trinajstić information content (AvgIpc) is 3.21. The Kier molecular flexibility index (Phi) is 8.66. The topological polar surface area (TPSA) is 116 Å². The van der Waals surface area contributed by atoms with Crippen LogP contribution in [0.2, 0.25) is 0 Å². The van der Waals surface area contributed by atoms with Crippen molar-refractivity contribution in [2.24, 2.45) is 0 Å². The van der Waals surface area contributed by atoms with Crippen molar-refractivity contribution < 1.29 is 17.7 Å². The second-order valence-corrected chi connectivity index (χ2v) is 11.1. The molecule has 4 rings (SSSR count). The van der Waals surface area contributed by atoms with Gasteiger partial charge in [-0.2, -0.15) is 0 Å². The van der Waals surface area contributed by atoms with Crippen molar-refractivity contribution in [2.45, 2.75) is 65.5 Å². The normalized spacial score (nSPS) is 11.6. The smallest absolute Gasteiger partial charge is 0.263 e. The Labute approximate surface area is 228 Å². The molecule has 0 unspecified atom stereocenters. The standard InChI is InChI=1S/C29H34N4O5S/c1-6-10-24-16-28(34)33(21(5)30-24)17-22-13-14-25(23(15-22)18-37-7-2)26-11-8-9-12-27(26)39(35,36)32-29-19(3)20(4)38-31-29/h8-9,11-16H,6-7,10,17-18H2,1-5H3,(H,31,32). The van der Waals surface area contributed by atoms with Gasteiger partial charge in [-0.25, -0.2) is 13.4 Å². The minimum Gasteiger partial charge on any atom is -0.377 e. The van der Waals surface area contributed by atoms with Gasteiger partial charge in [0, 0.05) is 29.5 Å². The summed E-state index contributed by atoms with van der Waals surface area (Å²) in [5.41, 5.74) is 4.28. The molecule has 0 amide bonds. The Morgan fingerprint density at radius 1 is 1.03 bits per heavy atom. The van der Waals surface area contributed by atoms with Crippen molar-refractivity contribution in [3.63, 3.8) is 0 Å². The highest BCUT2D eigenvalue weighted by Gasteiger charge is 2.23. The maximum absolute atomic E-state index is 13.5. The number of sulfonamides is 1. The summed E-state index contributed by atoms with van der Waals surface area (Å²) in [5.74, 6) is 1.36. The third-order valence-electron chi connectivity index (χ3n) is 6.59. The minimum atomic E-state index is -3.98. The molecule has 2 aromatic heterocycles. The van der Waals surface area contributed by atoms with E-state index in [0.29, 0.717) is 35.9 Å². The van der Waals surface area contributed by atoms with Crippen LogP contribution in [0, 0.1) is 20.8 Å². The molecule has 0 saturated heterocycles. The molecule has 2 heterocycles. The number of benzene rings is 2. The van der Waals surface area contributed by atoms with Gasteiger partial charge in [0.05, 0.1) is 18.0 Å². The van der Waals surface area contributed by atoms with E-state index in [1.165, 1.54) is 0 Å². The van der Waals surface area contributed by atoms with Gasteiger partial charge >= 0.3 is 0 Å². The highest BCUT2D eigenvalue weighted by molar-refractivity contribution is 7.92. The molecule has 4 aromatic rings. The molecular weight excluding hydrogens is 516 g/mol. The zero-order valence-corrected chi connectivity index (χ0v) is 23.8. The van der Waals surface area contributed by atoms with Gasteiger partial charge in [-0.05, 0) is 56.9 Å². The highest BCUT2D eigenvalue weighted by atomic mass is 32.2. The Balaban J connectivity index is 1.74. The Hall–Kier alpha value is -3.76. The number of nitrogens with zero attached hydrogens (tertiary/aromatic N) is 3. The van der Waals surface area contributed by atoms with Crippen LogP contribution >= 0.6 is 0 Å². The fourth-order valence-electron chi connectivity index (χ4n) is 4.40. The first-order valence-corrected chi connectivity index (χ1v) is 14.4. The van der Waals surface area contributed by atoms with E-state index in [-0.39, 0.29) is 22.9 Å². The number of aryl methyl sites for hydroxylation is 3. The van der Waals surface area contributed by atoms with E-state index in [4.69, 9.17) is 9.26 Å². The van der Waals surface area contributed by atoms with E-state index < -0.39 is 10.0 Å². The third-order valence-corrected chi connectivity index (χ3v) is 7.98. The van der Waals surface area contributed by atoms with Gasteiger partial charge in [-0.3, -0.25) is 14.1 Å². The summed E-state index contributed by atoms with van der Waals surface area (Å²) in [6.07, 6.45) is 1.68. The summed E-state index contributed by atoms with van der Waals surface area (Å²) < 4.78 is 42.0. The molecule has 0 aliphatic carbocycles. The first-order valence-electron chi connectivity index (χ1n) is 13.0. The molecule has 0 fully saturated rings. The zero-order valence-electron chi connectivity index (χ0n) is 22.9. The molecule has 0 radical (unpaired) electrons. The fraction of sp³-hybridized carbons (Fsp3) is 0.345. The molecule has 0 spiro atoms. The van der Waals surface area contributed by atoms with Gasteiger partial charge < -0.3 is 9.26 Å². The zero-order chi connectivity index (χ0) is 28.2. The third kappa shape index (κ3) is 6.29. The molecule has 0 bridgehead atoms. The van der Waals surface area contributed by atoms with E-state index in [0.717, 1.165) is 35.2 Å². The number of hydrogen-bond acceptors (Lipinski definition) is 7. The monoisotopic (exact) mass is 550 g/mol. The quantitative estimate of drug-likeness (QED) is 0.274. The number of anilines is 1. The summed E-state index contributed by atoms with van der Waals surface area (Å²) in [7, 11) is -3.98. The number of aromatic nitrogens is 3. The molecular formula is C29H34N4O5S. The molecule has 1 N–H and O–H groups in total. The van der Waals surface area contributed by atoms with E-state index in [9.17, 15) is 13.2 Å². The van der Waals surface area contributed by atoms with Crippen molar-refractivity contribution in [2.75, 3.05) is 11.3 Å². The van der Waals surface area contributed by atoms with E-state index in [1.807, 2.05) is 32.0 Å². The number of nitrogens with one attached hydrogen (secondary N) is 1. The summed E-state index contributed by atoms with van der Waals surface area (Å²) in [4.78, 5) is 17.5. The molecule has 0 saturated carbocycles. The molecule has 0 aliphatic heterocycles. The Morgan fingerprint density at radius 3 is 2.46 bits per heavy atom. The number of ether oxygens (including phenoxy) is 1. The lowest BCUT2D eigenvalue weighted by molar-refractivity contribution is 0.134. The maximum Gasteiger partial charge on any atom is 0.263 e. The number of rotatable bonds is 11. The summed E-state index contributed by atoms with van der Waals surface area (Å²) >= 11 is 0. The second-order valence-electron chi connectivity index (χ2n) is 9.41. The largest absolute Gasteiger partial charge is 0.377 e. The van der Waals surface area contributed by atoms with Crippen LogP contribution in [-0.4, -0.2) is 29.7 Å². The Morgan fingerprint density at radius 2 is 1.79 bits per heavy atom. The van der Waals surface area contributed by atoms with E-state index >= 15 is 0 Å². The molecule has 39 heavy (non-hydrogen) atoms. The van der Waals surface area contributed by atoms with Gasteiger partial charge in [0.25, 0.3) is 15.6 Å². The first-order chi connectivity index (χ1) is 18.6. The van der Waals surface area contributed by atoms with Crippen molar-refractivity contribution in [3.8, 4) is 11.1 Å². The highest BCUT2D eigenvalue weighted by Crippen LogP contribution is 2.33. The van der Waals surface area contributed by atoms with Crippen LogP contribution in [-0.2, 0) is 34.3 Å². The molecule has 2 aromatic carbocycles. The van der Waals surface area contributed by atoms with Crippen molar-refractivity contribution >= 4 is 15.8 Å². The lowest BCUT2D eigenvalue weighted by Gasteiger charge is -2.17. The van der Waals surface area contributed by atoms with Gasteiger partial charge in [0.1, 0.15) is 11.6 Å². The van der Waals surface area contributed by atoms with Crippen LogP contribution < -0.4 is 10.3 Å². The summed E-state index contributed by atoms with van der Waals surface area (Å²) in [6.45, 7) is 10.4. The van der Waals surface area contributed by atoms with Crippen molar-refractivity contribution in [1.82, 2.24) is 14.7 Å². The predicted octanol–water partition coefficient (Wildman–Crippen LogP) is 5.16. The van der Waals surface area contributed by atoms with Crippen LogP contribution in [0.15, 0.2) is 62.7 Å². The van der Waals surface area contributed by atoms with Crippen LogP contribution in [0.3, 0.4) is 0 Å². The van der Waals surface area contributed by atoms with E-state index in [2.05, 4.69) is 21.8 Å². The van der Waals surface area contributed by atoms with Gasteiger partial charge in [-0.1, -0.05) is 54.9 Å². The van der Waals surface area contributed by atoms with Crippen LogP contribution in [0.5, 0.6) is 0 Å². The minimum absolute atomic E-state index is 0.0951. The molecule has 10 heteroatoms. The maximum atomic E-state index is 13.5. The summed E-state index contributed by atoms with van der Waals surface area (Å²) in [6, 6.07) is 14.1. The van der Waals surface area contributed by atoms with Gasteiger partial charge in [0.15, 0.2) is 5.82 Å². The molecule has 0 aliphatic rings. The van der Waals surface area contributed by atoms with E-state index in [1.54, 1.807) is 48.7 Å². The lowest BCUT2D eigenvalue weighted by Crippen LogP contribution is -2.24. The van der Waals surface area contributed by atoms with Gasteiger partial charge in [-0.15, -0.1) is 0 Å². The molecule has 206 valence electrons.